The molecule has 0 bridgehead atoms. The molecule has 0 heterocycles. The van der Waals surface area contributed by atoms with E-state index < -0.39 is 28.5 Å². The molecule has 0 aliphatic carbocycles. The monoisotopic (exact) mass is 605 g/mol. The third-order valence-corrected chi connectivity index (χ3v) is 7.70. The van der Waals surface area contributed by atoms with Gasteiger partial charge in [-0.05, 0) is 58.2 Å². The number of hydrogen-bond acceptors (Lipinski definition) is 4. The maximum atomic E-state index is 13.9. The number of amides is 2. The zero-order valence-electron chi connectivity index (χ0n) is 20.6. The number of para-hydroxylation sites is 1. The highest BCUT2D eigenvalue weighted by Crippen LogP contribution is 2.28. The van der Waals surface area contributed by atoms with Gasteiger partial charge in [-0.2, -0.15) is 0 Å². The van der Waals surface area contributed by atoms with Crippen molar-refractivity contribution in [1.82, 2.24) is 10.2 Å². The van der Waals surface area contributed by atoms with Crippen LogP contribution in [0.5, 0.6) is 0 Å². The van der Waals surface area contributed by atoms with Crippen molar-refractivity contribution in [3.05, 3.63) is 99.5 Å². The topological polar surface area (TPSA) is 86.8 Å². The molecule has 3 aromatic rings. The molecule has 3 rings (SSSR count). The Labute approximate surface area is 231 Å². The summed E-state index contributed by atoms with van der Waals surface area (Å²) in [6.07, 6.45) is 1.30. The molecule has 0 radical (unpaired) electrons. The van der Waals surface area contributed by atoms with Crippen LogP contribution < -0.4 is 9.62 Å². The summed E-state index contributed by atoms with van der Waals surface area (Å²) >= 11 is 9.58. The van der Waals surface area contributed by atoms with Gasteiger partial charge in [0.25, 0.3) is 0 Å². The highest BCUT2D eigenvalue weighted by atomic mass is 79.9. The molecule has 196 valence electrons. The molecule has 1 N–H and O–H groups in total. The number of benzene rings is 3. The number of nitrogens with zero attached hydrogens (tertiary/aromatic N) is 2. The molecule has 1 atom stereocenters. The van der Waals surface area contributed by atoms with Crippen LogP contribution in [0.25, 0.3) is 0 Å². The summed E-state index contributed by atoms with van der Waals surface area (Å²) in [6.45, 7) is 1.78. The number of sulfonamides is 1. The number of nitrogens with one attached hydrogen (secondary N) is 1. The third-order valence-electron chi connectivity index (χ3n) is 5.66. The van der Waals surface area contributed by atoms with Crippen LogP contribution in [-0.4, -0.2) is 50.5 Å². The van der Waals surface area contributed by atoms with E-state index in [4.69, 9.17) is 11.6 Å². The van der Waals surface area contributed by atoms with Gasteiger partial charge >= 0.3 is 0 Å². The number of carbonyl (C=O) groups is 2. The number of anilines is 1. The van der Waals surface area contributed by atoms with Crippen LogP contribution in [0.1, 0.15) is 18.1 Å². The van der Waals surface area contributed by atoms with Crippen LogP contribution >= 0.6 is 27.5 Å². The summed E-state index contributed by atoms with van der Waals surface area (Å²) in [7, 11) is -3.83. The Balaban J connectivity index is 2.05. The highest BCUT2D eigenvalue weighted by molar-refractivity contribution is 9.10. The van der Waals surface area contributed by atoms with Crippen molar-refractivity contribution >= 4 is 55.1 Å². The molecule has 0 saturated carbocycles. The molecule has 1 unspecified atom stereocenters. The fraction of sp³-hybridized carbons (Fsp3) is 0.259. The highest BCUT2D eigenvalue weighted by Gasteiger charge is 2.33. The average Bonchev–Trinajstić information content (AvgIpc) is 2.85. The Bertz CT molecular complexity index is 1340. The molecule has 3 aromatic carbocycles. The average molecular weight is 607 g/mol. The molecule has 7 nitrogen and oxygen atoms in total. The lowest BCUT2D eigenvalue weighted by atomic mass is 10.0. The molecule has 0 spiro atoms. The van der Waals surface area contributed by atoms with E-state index in [-0.39, 0.29) is 18.9 Å². The van der Waals surface area contributed by atoms with Crippen molar-refractivity contribution in [1.29, 1.82) is 0 Å². The van der Waals surface area contributed by atoms with Crippen LogP contribution in [0.15, 0.2) is 83.3 Å². The number of carbonyl (C=O) groups excluding carboxylic acids is 2. The number of hydrogen-bond donors (Lipinski definition) is 1. The van der Waals surface area contributed by atoms with E-state index in [2.05, 4.69) is 21.2 Å². The fourth-order valence-electron chi connectivity index (χ4n) is 3.93. The summed E-state index contributed by atoms with van der Waals surface area (Å²) in [5.41, 5.74) is 1.92. The Kier molecular flexibility index (Phi) is 10.1. The Morgan fingerprint density at radius 2 is 1.62 bits per heavy atom. The second-order valence-electron chi connectivity index (χ2n) is 8.47. The van der Waals surface area contributed by atoms with E-state index in [9.17, 15) is 18.0 Å². The van der Waals surface area contributed by atoms with Crippen molar-refractivity contribution in [3.63, 3.8) is 0 Å². The predicted molar refractivity (Wildman–Crippen MR) is 151 cm³/mol. The van der Waals surface area contributed by atoms with E-state index in [1.54, 1.807) is 49.4 Å². The first kappa shape index (κ1) is 28.7. The first-order chi connectivity index (χ1) is 17.6. The maximum Gasteiger partial charge on any atom is 0.244 e. The summed E-state index contributed by atoms with van der Waals surface area (Å²) < 4.78 is 27.1. The van der Waals surface area contributed by atoms with Gasteiger partial charge in [-0.15, -0.1) is 0 Å². The molecular weight excluding hydrogens is 578 g/mol. The van der Waals surface area contributed by atoms with Crippen molar-refractivity contribution in [3.8, 4) is 0 Å². The van der Waals surface area contributed by atoms with Crippen LogP contribution in [-0.2, 0) is 32.6 Å². The fourth-order valence-corrected chi connectivity index (χ4v) is 5.62. The number of likely N-dealkylation sites (N-methyl/N-ethyl adjacent to an activating group) is 1. The molecule has 0 aliphatic heterocycles. The normalized spacial score (nSPS) is 12.0. The molecule has 0 fully saturated rings. The van der Waals surface area contributed by atoms with Gasteiger partial charge in [0, 0.05) is 29.0 Å². The molecule has 0 aliphatic rings. The quantitative estimate of drug-likeness (QED) is 0.345. The van der Waals surface area contributed by atoms with E-state index in [0.29, 0.717) is 21.7 Å². The SMILES string of the molecule is CCNC(=O)C(Cc1ccccc1)N(Cc1cccc(Cl)c1)C(=O)CN(c1ccccc1Br)S(C)(=O)=O. The summed E-state index contributed by atoms with van der Waals surface area (Å²) in [5, 5.41) is 3.32. The van der Waals surface area contributed by atoms with Crippen LogP contribution in [0, 0.1) is 0 Å². The van der Waals surface area contributed by atoms with Gasteiger partial charge in [-0.3, -0.25) is 13.9 Å². The Morgan fingerprint density at radius 1 is 0.973 bits per heavy atom. The molecule has 0 saturated heterocycles. The molecule has 2 amide bonds. The van der Waals surface area contributed by atoms with Crippen LogP contribution in [0.2, 0.25) is 5.02 Å². The Morgan fingerprint density at radius 3 is 2.24 bits per heavy atom. The van der Waals surface area contributed by atoms with E-state index >= 15 is 0 Å². The van der Waals surface area contributed by atoms with E-state index in [0.717, 1.165) is 21.7 Å². The van der Waals surface area contributed by atoms with Gasteiger partial charge in [-0.1, -0.05) is 66.2 Å². The number of rotatable bonds is 11. The zero-order chi connectivity index (χ0) is 27.0. The second-order valence-corrected chi connectivity index (χ2v) is 11.7. The summed E-state index contributed by atoms with van der Waals surface area (Å²) in [4.78, 5) is 28.6. The van der Waals surface area contributed by atoms with Gasteiger partial charge in [0.2, 0.25) is 21.8 Å². The third kappa shape index (κ3) is 8.05. The van der Waals surface area contributed by atoms with Gasteiger partial charge < -0.3 is 10.2 Å². The standard InChI is InChI=1S/C27H29BrClN3O4S/c1-3-30-27(34)25(17-20-10-5-4-6-11-20)31(18-21-12-9-13-22(29)16-21)26(33)19-32(37(2,35)36)24-15-8-7-14-23(24)28/h4-16,25H,3,17-19H2,1-2H3,(H,30,34). The van der Waals surface area contributed by atoms with Crippen molar-refractivity contribution in [2.24, 2.45) is 0 Å². The number of halogens is 2. The lowest BCUT2D eigenvalue weighted by Gasteiger charge is -2.33. The molecule has 0 aromatic heterocycles. The minimum absolute atomic E-state index is 0.0710. The summed E-state index contributed by atoms with van der Waals surface area (Å²) in [5.74, 6) is -0.845. The minimum Gasteiger partial charge on any atom is -0.355 e. The lowest BCUT2D eigenvalue weighted by Crippen LogP contribution is -2.53. The molecular formula is C27H29BrClN3O4S. The zero-order valence-corrected chi connectivity index (χ0v) is 23.8. The van der Waals surface area contributed by atoms with Gasteiger partial charge in [-0.25, -0.2) is 8.42 Å². The van der Waals surface area contributed by atoms with E-state index in [1.807, 2.05) is 36.4 Å². The van der Waals surface area contributed by atoms with E-state index in [1.165, 1.54) is 4.90 Å². The first-order valence-corrected chi connectivity index (χ1v) is 14.7. The summed E-state index contributed by atoms with van der Waals surface area (Å²) in [6, 6.07) is 22.3. The smallest absolute Gasteiger partial charge is 0.244 e. The van der Waals surface area contributed by atoms with Crippen molar-refractivity contribution in [2.45, 2.75) is 25.9 Å². The first-order valence-electron chi connectivity index (χ1n) is 11.7. The molecule has 10 heteroatoms. The minimum atomic E-state index is -3.83. The van der Waals surface area contributed by atoms with Crippen LogP contribution in [0.4, 0.5) is 5.69 Å². The van der Waals surface area contributed by atoms with Gasteiger partial charge in [0.15, 0.2) is 0 Å². The Hall–Kier alpha value is -2.88. The van der Waals surface area contributed by atoms with Crippen molar-refractivity contribution in [2.75, 3.05) is 23.7 Å². The maximum absolute atomic E-state index is 13.9. The lowest BCUT2D eigenvalue weighted by molar-refractivity contribution is -0.140. The van der Waals surface area contributed by atoms with Crippen LogP contribution in [0.3, 0.4) is 0 Å². The largest absolute Gasteiger partial charge is 0.355 e. The predicted octanol–water partition coefficient (Wildman–Crippen LogP) is 4.64. The second kappa shape index (κ2) is 13.1. The van der Waals surface area contributed by atoms with Gasteiger partial charge in [0.05, 0.1) is 11.9 Å². The molecule has 37 heavy (non-hydrogen) atoms. The van der Waals surface area contributed by atoms with Gasteiger partial charge in [0.1, 0.15) is 12.6 Å². The van der Waals surface area contributed by atoms with Crippen molar-refractivity contribution < 1.29 is 18.0 Å².